The van der Waals surface area contributed by atoms with Gasteiger partial charge in [-0.3, -0.25) is 9.97 Å². The minimum absolute atomic E-state index is 0.181. The average molecular weight is 320 g/mol. The van der Waals surface area contributed by atoms with Crippen LogP contribution >= 0.6 is 0 Å². The zero-order chi connectivity index (χ0) is 16.5. The van der Waals surface area contributed by atoms with Crippen molar-refractivity contribution in [2.24, 2.45) is 0 Å². The number of ether oxygens (including phenoxy) is 1. The number of anilines is 1. The second-order valence-corrected chi connectivity index (χ2v) is 6.28. The summed E-state index contributed by atoms with van der Waals surface area (Å²) in [5, 5.41) is 1.07. The van der Waals surface area contributed by atoms with Crippen molar-refractivity contribution in [1.82, 2.24) is 15.0 Å². The Hall–Kier alpha value is -2.53. The van der Waals surface area contributed by atoms with E-state index in [1.54, 1.807) is 6.20 Å². The van der Waals surface area contributed by atoms with Gasteiger partial charge < -0.3 is 9.64 Å². The summed E-state index contributed by atoms with van der Waals surface area (Å²) in [6.45, 7) is 5.86. The van der Waals surface area contributed by atoms with Crippen LogP contribution in [0, 0.1) is 0 Å². The molecule has 0 aliphatic carbocycles. The van der Waals surface area contributed by atoms with Gasteiger partial charge in [-0.2, -0.15) is 0 Å². The quantitative estimate of drug-likeness (QED) is 0.725. The Morgan fingerprint density at radius 2 is 1.75 bits per heavy atom. The first-order chi connectivity index (χ1) is 11.7. The molecule has 0 amide bonds. The Balaban J connectivity index is 1.87. The Kier molecular flexibility index (Phi) is 3.86. The third-order valence-electron chi connectivity index (χ3n) is 4.23. The number of aromatic nitrogens is 3. The fraction of sp³-hybridized carbons (Fsp3) is 0.316. The van der Waals surface area contributed by atoms with E-state index in [0.717, 1.165) is 41.2 Å². The van der Waals surface area contributed by atoms with Crippen molar-refractivity contribution in [1.29, 1.82) is 0 Å². The highest BCUT2D eigenvalue weighted by atomic mass is 16.5. The monoisotopic (exact) mass is 320 g/mol. The molecule has 1 aliphatic heterocycles. The van der Waals surface area contributed by atoms with E-state index in [2.05, 4.69) is 34.8 Å². The molecule has 0 spiro atoms. The molecule has 24 heavy (non-hydrogen) atoms. The SMILES string of the molecule is C[C@H]1CN(c2nc(-c3ccccn3)cc3ncccc23)C[C@H](C)O1. The zero-order valence-electron chi connectivity index (χ0n) is 13.9. The third-order valence-corrected chi connectivity index (χ3v) is 4.23. The van der Waals surface area contributed by atoms with Crippen LogP contribution in [0.3, 0.4) is 0 Å². The molecule has 4 rings (SSSR count). The molecule has 0 radical (unpaired) electrons. The van der Waals surface area contributed by atoms with Gasteiger partial charge in [0.15, 0.2) is 0 Å². The predicted octanol–water partition coefficient (Wildman–Crippen LogP) is 3.31. The summed E-state index contributed by atoms with van der Waals surface area (Å²) in [6, 6.07) is 11.9. The van der Waals surface area contributed by atoms with Crippen LogP contribution in [-0.4, -0.2) is 40.2 Å². The minimum atomic E-state index is 0.181. The molecular formula is C19H20N4O. The summed E-state index contributed by atoms with van der Waals surface area (Å²) >= 11 is 0. The van der Waals surface area contributed by atoms with Crippen molar-refractivity contribution in [2.75, 3.05) is 18.0 Å². The highest BCUT2D eigenvalue weighted by Crippen LogP contribution is 2.30. The zero-order valence-corrected chi connectivity index (χ0v) is 13.9. The lowest BCUT2D eigenvalue weighted by Gasteiger charge is -2.36. The second-order valence-electron chi connectivity index (χ2n) is 6.28. The van der Waals surface area contributed by atoms with Gasteiger partial charge in [0.1, 0.15) is 5.82 Å². The summed E-state index contributed by atoms with van der Waals surface area (Å²) in [5.41, 5.74) is 2.65. The van der Waals surface area contributed by atoms with E-state index in [1.165, 1.54) is 0 Å². The van der Waals surface area contributed by atoms with Crippen LogP contribution in [0.2, 0.25) is 0 Å². The lowest BCUT2D eigenvalue weighted by Crippen LogP contribution is -2.46. The third kappa shape index (κ3) is 2.83. The van der Waals surface area contributed by atoms with Crippen LogP contribution < -0.4 is 4.90 Å². The smallest absolute Gasteiger partial charge is 0.138 e. The number of rotatable bonds is 2. The molecule has 3 aromatic rings. The maximum atomic E-state index is 5.87. The fourth-order valence-corrected chi connectivity index (χ4v) is 3.30. The fourth-order valence-electron chi connectivity index (χ4n) is 3.30. The van der Waals surface area contributed by atoms with E-state index in [4.69, 9.17) is 9.72 Å². The van der Waals surface area contributed by atoms with Gasteiger partial charge in [0.05, 0.1) is 29.1 Å². The Morgan fingerprint density at radius 3 is 2.50 bits per heavy atom. The van der Waals surface area contributed by atoms with Gasteiger partial charge in [0.25, 0.3) is 0 Å². The van der Waals surface area contributed by atoms with Crippen LogP contribution in [0.25, 0.3) is 22.3 Å². The van der Waals surface area contributed by atoms with Gasteiger partial charge in [-0.1, -0.05) is 6.07 Å². The molecule has 0 bridgehead atoms. The lowest BCUT2D eigenvalue weighted by atomic mass is 10.1. The second kappa shape index (κ2) is 6.17. The Morgan fingerprint density at radius 1 is 0.958 bits per heavy atom. The summed E-state index contributed by atoms with van der Waals surface area (Å²) in [4.78, 5) is 16.2. The van der Waals surface area contributed by atoms with Crippen molar-refractivity contribution in [2.45, 2.75) is 26.1 Å². The molecule has 5 heteroatoms. The first kappa shape index (κ1) is 15.0. The molecule has 1 aliphatic rings. The molecule has 0 saturated carbocycles. The van der Waals surface area contributed by atoms with Crippen LogP contribution in [0.5, 0.6) is 0 Å². The highest BCUT2D eigenvalue weighted by Gasteiger charge is 2.25. The number of pyridine rings is 3. The van der Waals surface area contributed by atoms with E-state index in [1.807, 2.05) is 36.5 Å². The molecule has 0 aromatic carbocycles. The number of fused-ring (bicyclic) bond motifs is 1. The maximum absolute atomic E-state index is 5.87. The van der Waals surface area contributed by atoms with Crippen molar-refractivity contribution < 1.29 is 4.74 Å². The van der Waals surface area contributed by atoms with Gasteiger partial charge in [-0.15, -0.1) is 0 Å². The summed E-state index contributed by atoms with van der Waals surface area (Å²) in [5.74, 6) is 0.961. The Bertz CT molecular complexity index is 842. The highest BCUT2D eigenvalue weighted by molar-refractivity contribution is 5.92. The van der Waals surface area contributed by atoms with E-state index in [-0.39, 0.29) is 12.2 Å². The largest absolute Gasteiger partial charge is 0.372 e. The molecule has 4 heterocycles. The van der Waals surface area contributed by atoms with Gasteiger partial charge in [0.2, 0.25) is 0 Å². The van der Waals surface area contributed by atoms with Gasteiger partial charge in [0, 0.05) is 30.9 Å². The number of hydrogen-bond acceptors (Lipinski definition) is 5. The van der Waals surface area contributed by atoms with Crippen LogP contribution in [0.4, 0.5) is 5.82 Å². The van der Waals surface area contributed by atoms with Crippen molar-refractivity contribution in [3.05, 3.63) is 48.8 Å². The first-order valence-electron chi connectivity index (χ1n) is 8.28. The molecule has 3 aromatic heterocycles. The van der Waals surface area contributed by atoms with Crippen molar-refractivity contribution in [3.8, 4) is 11.4 Å². The lowest BCUT2D eigenvalue weighted by molar-refractivity contribution is -0.00536. The van der Waals surface area contributed by atoms with Gasteiger partial charge in [-0.05, 0) is 44.2 Å². The molecule has 0 N–H and O–H groups in total. The summed E-state index contributed by atoms with van der Waals surface area (Å²) in [7, 11) is 0. The molecule has 5 nitrogen and oxygen atoms in total. The summed E-state index contributed by atoms with van der Waals surface area (Å²) in [6.07, 6.45) is 3.97. The molecule has 1 saturated heterocycles. The van der Waals surface area contributed by atoms with E-state index in [0.29, 0.717) is 0 Å². The first-order valence-corrected chi connectivity index (χ1v) is 8.28. The summed E-state index contributed by atoms with van der Waals surface area (Å²) < 4.78 is 5.87. The van der Waals surface area contributed by atoms with Crippen LogP contribution in [0.15, 0.2) is 48.8 Å². The van der Waals surface area contributed by atoms with Crippen molar-refractivity contribution >= 4 is 16.7 Å². The topological polar surface area (TPSA) is 51.1 Å². The normalized spacial score (nSPS) is 21.2. The number of morpholine rings is 1. The van der Waals surface area contributed by atoms with E-state index < -0.39 is 0 Å². The number of nitrogens with zero attached hydrogens (tertiary/aromatic N) is 4. The average Bonchev–Trinajstić information content (AvgIpc) is 2.60. The van der Waals surface area contributed by atoms with Crippen molar-refractivity contribution in [3.63, 3.8) is 0 Å². The van der Waals surface area contributed by atoms with E-state index in [9.17, 15) is 0 Å². The minimum Gasteiger partial charge on any atom is -0.372 e. The molecule has 122 valence electrons. The number of hydrogen-bond donors (Lipinski definition) is 0. The maximum Gasteiger partial charge on any atom is 0.138 e. The molecule has 1 fully saturated rings. The molecular weight excluding hydrogens is 300 g/mol. The van der Waals surface area contributed by atoms with Crippen LogP contribution in [0.1, 0.15) is 13.8 Å². The van der Waals surface area contributed by atoms with Gasteiger partial charge in [-0.25, -0.2) is 4.98 Å². The Labute approximate surface area is 141 Å². The van der Waals surface area contributed by atoms with E-state index >= 15 is 0 Å². The van der Waals surface area contributed by atoms with Crippen LogP contribution in [-0.2, 0) is 4.74 Å². The molecule has 0 unspecified atom stereocenters. The van der Waals surface area contributed by atoms with Gasteiger partial charge >= 0.3 is 0 Å². The standard InChI is InChI=1S/C19H20N4O/c1-13-11-23(12-14(2)24-13)19-15-6-5-9-21-17(15)10-18(22-19)16-7-3-4-8-20-16/h3-10,13-14H,11-12H2,1-2H3/t13-,14-/m0/s1. The molecule has 2 atom stereocenters. The predicted molar refractivity (Wildman–Crippen MR) is 95.0 cm³/mol.